The molecular weight excluding hydrogens is 180 g/mol. The minimum absolute atomic E-state index is 0.0688. The first-order chi connectivity index (χ1) is 6.37. The number of esters is 1. The molecule has 0 saturated carbocycles. The van der Waals surface area contributed by atoms with Gasteiger partial charge in [0.25, 0.3) is 0 Å². The third-order valence-electron chi connectivity index (χ3n) is 1.83. The molecule has 0 aromatic carbocycles. The van der Waals surface area contributed by atoms with Gasteiger partial charge in [-0.2, -0.15) is 0 Å². The van der Waals surface area contributed by atoms with Crippen molar-refractivity contribution in [1.82, 2.24) is 0 Å². The molecule has 0 saturated heterocycles. The van der Waals surface area contributed by atoms with Gasteiger partial charge in [0.15, 0.2) is 0 Å². The van der Waals surface area contributed by atoms with Crippen molar-refractivity contribution in [3.63, 3.8) is 0 Å². The molecule has 0 amide bonds. The molecule has 80 valence electrons. The lowest BCUT2D eigenvalue weighted by molar-refractivity contribution is -0.145. The summed E-state index contributed by atoms with van der Waals surface area (Å²) in [6.07, 6.45) is 4.53. The number of ether oxygens (including phenoxy) is 2. The van der Waals surface area contributed by atoms with Gasteiger partial charge >= 0.3 is 5.97 Å². The maximum absolute atomic E-state index is 10.7. The molecule has 14 heavy (non-hydrogen) atoms. The van der Waals surface area contributed by atoms with Crippen LogP contribution >= 0.6 is 0 Å². The summed E-state index contributed by atoms with van der Waals surface area (Å²) < 4.78 is 10.8. The highest BCUT2D eigenvalue weighted by atomic mass is 16.5. The monoisotopic (exact) mass is 198 g/mol. The Morgan fingerprint density at radius 3 is 2.36 bits per heavy atom. The summed E-state index contributed by atoms with van der Waals surface area (Å²) in [5, 5.41) is 0. The third-order valence-corrected chi connectivity index (χ3v) is 1.83. The van der Waals surface area contributed by atoms with Crippen LogP contribution in [0.1, 0.15) is 34.1 Å². The normalized spacial score (nSPS) is 26.6. The van der Waals surface area contributed by atoms with Crippen LogP contribution in [0, 0.1) is 0 Å². The van der Waals surface area contributed by atoms with Gasteiger partial charge in [0.1, 0.15) is 6.10 Å². The highest BCUT2D eigenvalue weighted by Gasteiger charge is 2.25. The molecule has 1 aliphatic carbocycles. The first kappa shape index (κ1) is 11.2. The van der Waals surface area contributed by atoms with Crippen molar-refractivity contribution in [2.45, 2.75) is 51.9 Å². The number of hydrogen-bond acceptors (Lipinski definition) is 3. The smallest absolute Gasteiger partial charge is 0.303 e. The maximum Gasteiger partial charge on any atom is 0.303 e. The van der Waals surface area contributed by atoms with Crippen LogP contribution in [-0.4, -0.2) is 23.8 Å². The molecule has 3 nitrogen and oxygen atoms in total. The van der Waals surface area contributed by atoms with Crippen molar-refractivity contribution < 1.29 is 14.3 Å². The van der Waals surface area contributed by atoms with Crippen molar-refractivity contribution in [1.29, 1.82) is 0 Å². The molecule has 0 aromatic rings. The van der Waals surface area contributed by atoms with Crippen molar-refractivity contribution in [3.8, 4) is 0 Å². The topological polar surface area (TPSA) is 35.5 Å². The quantitative estimate of drug-likeness (QED) is 0.503. The molecule has 2 unspecified atom stereocenters. The molecule has 0 aromatic heterocycles. The second-order valence-corrected chi connectivity index (χ2v) is 4.54. The molecule has 0 N–H and O–H groups in total. The van der Waals surface area contributed by atoms with E-state index in [2.05, 4.69) is 0 Å². The lowest BCUT2D eigenvalue weighted by Crippen LogP contribution is -2.26. The van der Waals surface area contributed by atoms with Gasteiger partial charge in [-0.05, 0) is 26.8 Å². The molecule has 0 radical (unpaired) electrons. The van der Waals surface area contributed by atoms with E-state index < -0.39 is 0 Å². The number of rotatable bonds is 2. The standard InChI is InChI=1S/C11H18O3/c1-8(12)13-9-5-6-10(7-9)14-11(2,3)4/h5-6,9-10H,7H2,1-4H3. The van der Waals surface area contributed by atoms with E-state index in [4.69, 9.17) is 9.47 Å². The zero-order chi connectivity index (χ0) is 10.8. The lowest BCUT2D eigenvalue weighted by atomic mass is 10.1. The molecule has 0 aliphatic heterocycles. The van der Waals surface area contributed by atoms with E-state index >= 15 is 0 Å². The predicted octanol–water partition coefficient (Wildman–Crippen LogP) is 2.06. The van der Waals surface area contributed by atoms with Crippen LogP contribution in [0.2, 0.25) is 0 Å². The SMILES string of the molecule is CC(=O)OC1C=CC(OC(C)(C)C)C1. The Hall–Kier alpha value is -0.830. The molecule has 1 rings (SSSR count). The van der Waals surface area contributed by atoms with Crippen LogP contribution < -0.4 is 0 Å². The van der Waals surface area contributed by atoms with Gasteiger partial charge in [-0.3, -0.25) is 4.79 Å². The first-order valence-corrected chi connectivity index (χ1v) is 4.90. The Bertz CT molecular complexity index is 237. The molecule has 0 bridgehead atoms. The molecule has 3 heteroatoms. The van der Waals surface area contributed by atoms with E-state index in [0.717, 1.165) is 6.42 Å². The fourth-order valence-corrected chi connectivity index (χ4v) is 1.48. The Balaban J connectivity index is 2.36. The average Bonchev–Trinajstić information content (AvgIpc) is 2.30. The van der Waals surface area contributed by atoms with Gasteiger partial charge in [0.2, 0.25) is 0 Å². The van der Waals surface area contributed by atoms with Crippen molar-refractivity contribution in [2.75, 3.05) is 0 Å². The van der Waals surface area contributed by atoms with E-state index in [1.165, 1.54) is 6.92 Å². The Labute approximate surface area is 85.1 Å². The molecule has 0 fully saturated rings. The van der Waals surface area contributed by atoms with Gasteiger partial charge in [0, 0.05) is 13.3 Å². The van der Waals surface area contributed by atoms with E-state index in [0.29, 0.717) is 0 Å². The molecule has 2 atom stereocenters. The largest absolute Gasteiger partial charge is 0.458 e. The van der Waals surface area contributed by atoms with Gasteiger partial charge in [-0.25, -0.2) is 0 Å². The minimum atomic E-state index is -0.240. The van der Waals surface area contributed by atoms with Crippen LogP contribution in [0.15, 0.2) is 12.2 Å². The zero-order valence-corrected chi connectivity index (χ0v) is 9.24. The summed E-state index contributed by atoms with van der Waals surface area (Å²) in [5.41, 5.74) is -0.153. The summed E-state index contributed by atoms with van der Waals surface area (Å²) in [6, 6.07) is 0. The fraction of sp³-hybridized carbons (Fsp3) is 0.727. The Morgan fingerprint density at radius 2 is 1.86 bits per heavy atom. The summed E-state index contributed by atoms with van der Waals surface area (Å²) in [7, 11) is 0. The zero-order valence-electron chi connectivity index (χ0n) is 9.24. The van der Waals surface area contributed by atoms with Gasteiger partial charge in [-0.1, -0.05) is 6.08 Å². The minimum Gasteiger partial charge on any atom is -0.458 e. The van der Waals surface area contributed by atoms with Crippen LogP contribution in [-0.2, 0) is 14.3 Å². The van der Waals surface area contributed by atoms with E-state index in [-0.39, 0.29) is 23.8 Å². The van der Waals surface area contributed by atoms with E-state index in [1.807, 2.05) is 32.9 Å². The van der Waals surface area contributed by atoms with Crippen LogP contribution in [0.3, 0.4) is 0 Å². The highest BCUT2D eigenvalue weighted by molar-refractivity contribution is 5.66. The molecule has 0 spiro atoms. The predicted molar refractivity (Wildman–Crippen MR) is 53.9 cm³/mol. The lowest BCUT2D eigenvalue weighted by Gasteiger charge is -2.24. The number of carbonyl (C=O) groups excluding carboxylic acids is 1. The molecule has 1 aliphatic rings. The number of hydrogen-bond donors (Lipinski definition) is 0. The third kappa shape index (κ3) is 3.92. The van der Waals surface area contributed by atoms with Crippen molar-refractivity contribution in [3.05, 3.63) is 12.2 Å². The summed E-state index contributed by atoms with van der Waals surface area (Å²) in [4.78, 5) is 10.7. The summed E-state index contributed by atoms with van der Waals surface area (Å²) in [6.45, 7) is 7.46. The maximum atomic E-state index is 10.7. The Kier molecular flexibility index (Phi) is 3.32. The number of carbonyl (C=O) groups is 1. The van der Waals surface area contributed by atoms with Crippen molar-refractivity contribution in [2.24, 2.45) is 0 Å². The second-order valence-electron chi connectivity index (χ2n) is 4.54. The molecule has 0 heterocycles. The van der Waals surface area contributed by atoms with Gasteiger partial charge < -0.3 is 9.47 Å². The summed E-state index contributed by atoms with van der Waals surface area (Å²) in [5.74, 6) is -0.240. The van der Waals surface area contributed by atoms with Gasteiger partial charge in [-0.15, -0.1) is 0 Å². The van der Waals surface area contributed by atoms with Crippen LogP contribution in [0.5, 0.6) is 0 Å². The Morgan fingerprint density at radius 1 is 1.29 bits per heavy atom. The summed E-state index contributed by atoms with van der Waals surface area (Å²) >= 11 is 0. The molecular formula is C11H18O3. The highest BCUT2D eigenvalue weighted by Crippen LogP contribution is 2.22. The first-order valence-electron chi connectivity index (χ1n) is 4.90. The van der Waals surface area contributed by atoms with E-state index in [9.17, 15) is 4.79 Å². The second kappa shape index (κ2) is 4.13. The van der Waals surface area contributed by atoms with E-state index in [1.54, 1.807) is 0 Å². The fourth-order valence-electron chi connectivity index (χ4n) is 1.48. The van der Waals surface area contributed by atoms with Gasteiger partial charge in [0.05, 0.1) is 11.7 Å². The average molecular weight is 198 g/mol. The van der Waals surface area contributed by atoms with Crippen molar-refractivity contribution >= 4 is 5.97 Å². The van der Waals surface area contributed by atoms with Crippen LogP contribution in [0.4, 0.5) is 0 Å². The van der Waals surface area contributed by atoms with Crippen LogP contribution in [0.25, 0.3) is 0 Å².